The lowest BCUT2D eigenvalue weighted by molar-refractivity contribution is -0.147. The van der Waals surface area contributed by atoms with Gasteiger partial charge in [0, 0.05) is 31.1 Å². The van der Waals surface area contributed by atoms with Crippen molar-refractivity contribution >= 4 is 5.91 Å². The monoisotopic (exact) mass is 418 g/mol. The molecule has 4 heteroatoms. The summed E-state index contributed by atoms with van der Waals surface area (Å²) in [7, 11) is 0. The summed E-state index contributed by atoms with van der Waals surface area (Å²) in [5, 5.41) is 14.9. The molecule has 1 saturated heterocycles. The predicted molar refractivity (Wildman–Crippen MR) is 122 cm³/mol. The highest BCUT2D eigenvalue weighted by Gasteiger charge is 2.59. The van der Waals surface area contributed by atoms with Crippen LogP contribution in [0.2, 0.25) is 0 Å². The molecule has 5 atom stereocenters. The number of carbonyl (C=O) groups is 1. The Morgan fingerprint density at radius 2 is 1.65 bits per heavy atom. The average Bonchev–Trinajstić information content (AvgIpc) is 3.21. The van der Waals surface area contributed by atoms with Gasteiger partial charge in [0.25, 0.3) is 5.91 Å². The van der Waals surface area contributed by atoms with Gasteiger partial charge in [0.15, 0.2) is 5.60 Å². The van der Waals surface area contributed by atoms with Crippen molar-refractivity contribution in [3.8, 4) is 0 Å². The third-order valence-electron chi connectivity index (χ3n) is 8.13. The van der Waals surface area contributed by atoms with Crippen LogP contribution in [0.15, 0.2) is 54.6 Å². The number of carbonyl (C=O) groups excluding carboxylic acids is 1. The van der Waals surface area contributed by atoms with Crippen LogP contribution in [0.4, 0.5) is 0 Å². The van der Waals surface area contributed by atoms with Crippen molar-refractivity contribution in [2.75, 3.05) is 13.1 Å². The standard InChI is InChI=1S/C27H34N2O2/c1-18-12-14-20(15-13-18)19(2)29-16-23-24(17-29)25(23)28-26(30)27(31,22-10-6-7-11-22)21-8-4-3-5-9-21/h3-5,8-9,12-15,19,22-25,31H,6-7,10-11,16-17H2,1-2H3,(H,28,30)/t19?,23-,24?,25?,27?/m0/s1. The molecular weight excluding hydrogens is 384 g/mol. The summed E-state index contributed by atoms with van der Waals surface area (Å²) in [6.45, 7) is 6.42. The van der Waals surface area contributed by atoms with E-state index in [0.29, 0.717) is 17.9 Å². The van der Waals surface area contributed by atoms with Crippen molar-refractivity contribution in [3.63, 3.8) is 0 Å². The highest BCUT2D eigenvalue weighted by molar-refractivity contribution is 5.87. The highest BCUT2D eigenvalue weighted by atomic mass is 16.3. The molecule has 164 valence electrons. The maximum absolute atomic E-state index is 13.4. The molecule has 0 aromatic heterocycles. The molecular formula is C27H34N2O2. The molecule has 31 heavy (non-hydrogen) atoms. The van der Waals surface area contributed by atoms with E-state index < -0.39 is 5.60 Å². The SMILES string of the molecule is Cc1ccc(C(C)N2CC3C(NC(=O)C(O)(c4ccccc4)C4CCCC4)[C@H]3C2)cc1. The van der Waals surface area contributed by atoms with Gasteiger partial charge in [0.1, 0.15) is 0 Å². The number of likely N-dealkylation sites (tertiary alicyclic amines) is 1. The van der Waals surface area contributed by atoms with Gasteiger partial charge < -0.3 is 10.4 Å². The molecule has 0 spiro atoms. The van der Waals surface area contributed by atoms with Gasteiger partial charge in [-0.1, -0.05) is 73.0 Å². The normalized spacial score (nSPS) is 28.7. The maximum Gasteiger partial charge on any atom is 0.257 e. The summed E-state index contributed by atoms with van der Waals surface area (Å²) in [5.41, 5.74) is 1.96. The number of aliphatic hydroxyl groups is 1. The number of nitrogens with zero attached hydrogens (tertiary/aromatic N) is 1. The minimum atomic E-state index is -1.41. The fourth-order valence-corrected chi connectivity index (χ4v) is 5.99. The topological polar surface area (TPSA) is 52.6 Å². The summed E-state index contributed by atoms with van der Waals surface area (Å²) in [6, 6.07) is 19.0. The summed E-state index contributed by atoms with van der Waals surface area (Å²) in [4.78, 5) is 16.0. The van der Waals surface area contributed by atoms with E-state index in [-0.39, 0.29) is 17.9 Å². The van der Waals surface area contributed by atoms with Gasteiger partial charge >= 0.3 is 0 Å². The minimum Gasteiger partial charge on any atom is -0.375 e. The second-order valence-corrected chi connectivity index (χ2v) is 9.98. The number of piperidine rings is 1. The molecule has 2 N–H and O–H groups in total. The zero-order valence-corrected chi connectivity index (χ0v) is 18.6. The molecule has 2 aromatic rings. The Morgan fingerprint density at radius 3 is 2.26 bits per heavy atom. The lowest BCUT2D eigenvalue weighted by Crippen LogP contribution is -2.51. The molecule has 0 radical (unpaired) electrons. The first kappa shape index (κ1) is 20.7. The van der Waals surface area contributed by atoms with Crippen molar-refractivity contribution in [2.24, 2.45) is 17.8 Å². The molecule has 3 fully saturated rings. The number of amides is 1. The second kappa shape index (κ2) is 8.07. The first-order valence-electron chi connectivity index (χ1n) is 11.9. The number of rotatable bonds is 6. The molecule has 2 aromatic carbocycles. The maximum atomic E-state index is 13.4. The largest absolute Gasteiger partial charge is 0.375 e. The van der Waals surface area contributed by atoms with Gasteiger partial charge in [0.05, 0.1) is 0 Å². The quantitative estimate of drug-likeness (QED) is 0.740. The van der Waals surface area contributed by atoms with Gasteiger partial charge in [-0.05, 0) is 49.7 Å². The minimum absolute atomic E-state index is 0.00606. The van der Waals surface area contributed by atoms with Crippen molar-refractivity contribution in [3.05, 3.63) is 71.3 Å². The third-order valence-corrected chi connectivity index (χ3v) is 8.13. The van der Waals surface area contributed by atoms with Crippen LogP contribution in [-0.2, 0) is 10.4 Å². The lowest BCUT2D eigenvalue weighted by Gasteiger charge is -2.34. The van der Waals surface area contributed by atoms with E-state index in [1.807, 2.05) is 30.3 Å². The smallest absolute Gasteiger partial charge is 0.257 e. The van der Waals surface area contributed by atoms with E-state index >= 15 is 0 Å². The number of aryl methyl sites for hydroxylation is 1. The summed E-state index contributed by atoms with van der Waals surface area (Å²) < 4.78 is 0. The molecule has 1 heterocycles. The van der Waals surface area contributed by atoms with E-state index in [4.69, 9.17) is 0 Å². The molecule has 0 bridgehead atoms. The van der Waals surface area contributed by atoms with Gasteiger partial charge in [-0.15, -0.1) is 0 Å². The van der Waals surface area contributed by atoms with Crippen LogP contribution in [0.25, 0.3) is 0 Å². The van der Waals surface area contributed by atoms with Gasteiger partial charge in [-0.3, -0.25) is 9.69 Å². The molecule has 1 aliphatic heterocycles. The number of nitrogens with one attached hydrogen (secondary N) is 1. The van der Waals surface area contributed by atoms with Crippen molar-refractivity contribution in [2.45, 2.75) is 57.2 Å². The molecule has 4 unspecified atom stereocenters. The fraction of sp³-hybridized carbons (Fsp3) is 0.519. The van der Waals surface area contributed by atoms with Crippen molar-refractivity contribution < 1.29 is 9.90 Å². The van der Waals surface area contributed by atoms with Crippen LogP contribution in [0, 0.1) is 24.7 Å². The van der Waals surface area contributed by atoms with E-state index in [9.17, 15) is 9.90 Å². The Hall–Kier alpha value is -2.17. The molecule has 2 aliphatic carbocycles. The molecule has 3 aliphatic rings. The molecule has 2 saturated carbocycles. The fourth-order valence-electron chi connectivity index (χ4n) is 5.99. The van der Waals surface area contributed by atoms with Crippen LogP contribution >= 0.6 is 0 Å². The van der Waals surface area contributed by atoms with Gasteiger partial charge in [-0.25, -0.2) is 0 Å². The number of hydrogen-bond acceptors (Lipinski definition) is 3. The Labute approximate surface area is 185 Å². The van der Waals surface area contributed by atoms with E-state index in [1.54, 1.807) is 0 Å². The van der Waals surface area contributed by atoms with Crippen molar-refractivity contribution in [1.82, 2.24) is 10.2 Å². The number of hydrogen-bond donors (Lipinski definition) is 2. The van der Waals surface area contributed by atoms with Crippen LogP contribution in [0.3, 0.4) is 0 Å². The first-order valence-corrected chi connectivity index (χ1v) is 11.9. The Morgan fingerprint density at radius 1 is 1.03 bits per heavy atom. The van der Waals surface area contributed by atoms with Crippen LogP contribution < -0.4 is 5.32 Å². The average molecular weight is 419 g/mol. The van der Waals surface area contributed by atoms with Crippen LogP contribution in [0.5, 0.6) is 0 Å². The zero-order valence-electron chi connectivity index (χ0n) is 18.6. The molecule has 4 nitrogen and oxygen atoms in total. The van der Waals surface area contributed by atoms with Gasteiger partial charge in [0.2, 0.25) is 0 Å². The number of fused-ring (bicyclic) bond motifs is 1. The van der Waals surface area contributed by atoms with E-state index in [1.165, 1.54) is 11.1 Å². The lowest BCUT2D eigenvalue weighted by atomic mass is 9.79. The molecule has 1 amide bonds. The Bertz CT molecular complexity index is 910. The first-order chi connectivity index (χ1) is 15.0. The van der Waals surface area contributed by atoms with E-state index in [0.717, 1.165) is 44.3 Å². The predicted octanol–water partition coefficient (Wildman–Crippen LogP) is 4.18. The summed E-state index contributed by atoms with van der Waals surface area (Å²) in [5.74, 6) is 0.815. The van der Waals surface area contributed by atoms with Crippen molar-refractivity contribution in [1.29, 1.82) is 0 Å². The highest BCUT2D eigenvalue weighted by Crippen LogP contribution is 2.49. The summed E-state index contributed by atoms with van der Waals surface area (Å²) >= 11 is 0. The van der Waals surface area contributed by atoms with Crippen LogP contribution in [0.1, 0.15) is 55.3 Å². The zero-order chi connectivity index (χ0) is 21.6. The molecule has 5 rings (SSSR count). The van der Waals surface area contributed by atoms with E-state index in [2.05, 4.69) is 48.3 Å². The second-order valence-electron chi connectivity index (χ2n) is 9.98. The van der Waals surface area contributed by atoms with Crippen LogP contribution in [-0.4, -0.2) is 35.0 Å². The Balaban J connectivity index is 1.24. The number of benzene rings is 2. The Kier molecular flexibility index (Phi) is 5.39. The van der Waals surface area contributed by atoms with Gasteiger partial charge in [-0.2, -0.15) is 0 Å². The third kappa shape index (κ3) is 3.70. The summed E-state index contributed by atoms with van der Waals surface area (Å²) in [6.07, 6.45) is 4.01.